The van der Waals surface area contributed by atoms with Crippen LogP contribution in [0.5, 0.6) is 0 Å². The fraction of sp³-hybridized carbons (Fsp3) is 0.727. The summed E-state index contributed by atoms with van der Waals surface area (Å²) in [6.45, 7) is 5.27. The fourth-order valence-corrected chi connectivity index (χ4v) is 1.34. The summed E-state index contributed by atoms with van der Waals surface area (Å²) < 4.78 is 0. The van der Waals surface area contributed by atoms with Gasteiger partial charge < -0.3 is 29.7 Å². The predicted octanol–water partition coefficient (Wildman–Crippen LogP) is 0.365. The Balaban J connectivity index is -0.000000102. The van der Waals surface area contributed by atoms with Gasteiger partial charge in [-0.25, -0.2) is 0 Å². The molecule has 9 nitrogen and oxygen atoms in total. The van der Waals surface area contributed by atoms with Crippen LogP contribution in [0.4, 0.5) is 0 Å². The average Bonchev–Trinajstić information content (AvgIpc) is 2.12. The zero-order chi connectivity index (χ0) is 18.1. The first-order valence-electron chi connectivity index (χ1n) is 6.01. The molecule has 128 valence electrons. The van der Waals surface area contributed by atoms with Crippen LogP contribution in [0.2, 0.25) is 6.04 Å². The van der Waals surface area contributed by atoms with Crippen LogP contribution in [0.1, 0.15) is 47.0 Å². The summed E-state index contributed by atoms with van der Waals surface area (Å²) in [4.78, 5) is 52.5. The molecular formula is C11H26O9Si. The third-order valence-electron chi connectivity index (χ3n) is 1.12. The number of aliphatic carboxylic acids is 3. The number of carboxylic acid groups (broad SMARTS) is 3. The van der Waals surface area contributed by atoms with Crippen molar-refractivity contribution in [3.05, 3.63) is 0 Å². The van der Waals surface area contributed by atoms with E-state index in [2.05, 4.69) is 0 Å². The van der Waals surface area contributed by atoms with Gasteiger partial charge in [0.05, 0.1) is 0 Å². The molecule has 0 heterocycles. The quantitative estimate of drug-likeness (QED) is 0.314. The van der Waals surface area contributed by atoms with Crippen molar-refractivity contribution in [3.8, 4) is 0 Å². The van der Waals surface area contributed by atoms with E-state index >= 15 is 0 Å². The number of hydrogen-bond acceptors (Lipinski definition) is 6. The molecule has 0 aliphatic rings. The molecule has 0 aliphatic heterocycles. The van der Waals surface area contributed by atoms with Crippen LogP contribution < -0.4 is 0 Å². The minimum absolute atomic E-state index is 0.181. The summed E-state index contributed by atoms with van der Waals surface area (Å²) in [7, 11) is -3.69. The van der Waals surface area contributed by atoms with Gasteiger partial charge in [0.15, 0.2) is 0 Å². The third kappa shape index (κ3) is 248. The number of rotatable bonds is 4. The van der Waals surface area contributed by atoms with Crippen molar-refractivity contribution >= 4 is 26.7 Å². The minimum atomic E-state index is -3.69. The first-order valence-corrected chi connectivity index (χ1v) is 8.06. The Morgan fingerprint density at radius 2 is 1.00 bits per heavy atom. The molecule has 0 aromatic heterocycles. The minimum Gasteiger partial charge on any atom is -0.481 e. The van der Waals surface area contributed by atoms with Crippen LogP contribution in [-0.4, -0.2) is 56.4 Å². The Morgan fingerprint density at radius 3 is 1.14 bits per heavy atom. The van der Waals surface area contributed by atoms with Crippen molar-refractivity contribution in [1.82, 2.24) is 0 Å². The van der Waals surface area contributed by atoms with E-state index in [1.807, 2.05) is 6.92 Å². The highest BCUT2D eigenvalue weighted by Crippen LogP contribution is 2.05. The number of carboxylic acids is 3. The fourth-order valence-electron chi connectivity index (χ4n) is 0.612. The average molecular weight is 330 g/mol. The topological polar surface area (TPSA) is 173 Å². The maximum Gasteiger partial charge on any atom is 0.492 e. The molecule has 6 N–H and O–H groups in total. The van der Waals surface area contributed by atoms with Gasteiger partial charge in [0, 0.05) is 26.8 Å². The number of carbonyl (C=O) groups is 3. The maximum atomic E-state index is 9.00. The summed E-state index contributed by atoms with van der Waals surface area (Å²) in [5.41, 5.74) is 0. The summed E-state index contributed by atoms with van der Waals surface area (Å²) in [6, 6.07) is 0.181. The highest BCUT2D eigenvalue weighted by Gasteiger charge is 2.24. The molecular weight excluding hydrogens is 304 g/mol. The molecule has 0 spiro atoms. The lowest BCUT2D eigenvalue weighted by molar-refractivity contribution is -0.135. The Hall–Kier alpha value is -1.49. The van der Waals surface area contributed by atoms with Crippen LogP contribution in [0.15, 0.2) is 0 Å². The van der Waals surface area contributed by atoms with Gasteiger partial charge in [-0.05, 0) is 6.42 Å². The van der Waals surface area contributed by atoms with Crippen molar-refractivity contribution in [3.63, 3.8) is 0 Å². The largest absolute Gasteiger partial charge is 0.492 e. The molecule has 0 saturated carbocycles. The molecule has 0 atom stereocenters. The molecule has 0 bridgehead atoms. The predicted molar refractivity (Wildman–Crippen MR) is 76.7 cm³/mol. The summed E-state index contributed by atoms with van der Waals surface area (Å²) in [5.74, 6) is -2.50. The maximum absolute atomic E-state index is 9.00. The van der Waals surface area contributed by atoms with Gasteiger partial charge in [-0.3, -0.25) is 14.4 Å². The molecule has 10 heteroatoms. The Kier molecular flexibility index (Phi) is 24.5. The van der Waals surface area contributed by atoms with E-state index in [0.717, 1.165) is 33.6 Å². The van der Waals surface area contributed by atoms with Gasteiger partial charge in [0.25, 0.3) is 17.9 Å². The lowest BCUT2D eigenvalue weighted by Gasteiger charge is -2.06. The summed E-state index contributed by atoms with van der Waals surface area (Å²) in [6.07, 6.45) is 2.70. The summed E-state index contributed by atoms with van der Waals surface area (Å²) >= 11 is 0. The van der Waals surface area contributed by atoms with Gasteiger partial charge in [0.2, 0.25) is 0 Å². The molecule has 0 amide bonds. The van der Waals surface area contributed by atoms with Crippen molar-refractivity contribution in [2.24, 2.45) is 0 Å². The van der Waals surface area contributed by atoms with Gasteiger partial charge in [-0.2, -0.15) is 0 Å². The zero-order valence-electron chi connectivity index (χ0n) is 12.7. The molecule has 0 rings (SSSR count). The van der Waals surface area contributed by atoms with E-state index in [1.54, 1.807) is 0 Å². The second kappa shape index (κ2) is 18.5. The molecule has 0 unspecified atom stereocenters. The van der Waals surface area contributed by atoms with E-state index in [4.69, 9.17) is 44.1 Å². The lowest BCUT2D eigenvalue weighted by Crippen LogP contribution is -2.33. The highest BCUT2D eigenvalue weighted by atomic mass is 28.4. The van der Waals surface area contributed by atoms with Crippen molar-refractivity contribution < 1.29 is 44.1 Å². The number of hydrogen-bond donors (Lipinski definition) is 6. The zero-order valence-corrected chi connectivity index (χ0v) is 13.7. The molecule has 0 aliphatic carbocycles. The Bertz CT molecular complexity index is 233. The van der Waals surface area contributed by atoms with Crippen LogP contribution in [0.25, 0.3) is 0 Å². The second-order valence-electron chi connectivity index (χ2n) is 3.79. The molecule has 21 heavy (non-hydrogen) atoms. The first-order chi connectivity index (χ1) is 9.26. The Morgan fingerprint density at radius 1 is 0.762 bits per heavy atom. The van der Waals surface area contributed by atoms with E-state index in [9.17, 15) is 0 Å². The summed E-state index contributed by atoms with van der Waals surface area (Å²) in [5, 5.41) is 22.2. The van der Waals surface area contributed by atoms with Gasteiger partial charge in [-0.1, -0.05) is 19.8 Å². The molecule has 0 radical (unpaired) electrons. The number of unbranched alkanes of at least 4 members (excludes halogenated alkanes) is 2. The van der Waals surface area contributed by atoms with Crippen LogP contribution >= 0.6 is 0 Å². The molecule has 0 aromatic rings. The second-order valence-corrected chi connectivity index (χ2v) is 5.84. The van der Waals surface area contributed by atoms with Gasteiger partial charge in [-0.15, -0.1) is 0 Å². The molecule has 0 aromatic carbocycles. The van der Waals surface area contributed by atoms with E-state index in [1.165, 1.54) is 0 Å². The Labute approximate surface area is 124 Å². The normalized spacial score (nSPS) is 8.71. The van der Waals surface area contributed by atoms with Crippen molar-refractivity contribution in [1.29, 1.82) is 0 Å². The lowest BCUT2D eigenvalue weighted by atomic mass is 10.3. The van der Waals surface area contributed by atoms with Crippen molar-refractivity contribution in [2.45, 2.75) is 53.0 Å². The monoisotopic (exact) mass is 330 g/mol. The smallest absolute Gasteiger partial charge is 0.481 e. The van der Waals surface area contributed by atoms with E-state index in [-0.39, 0.29) is 6.04 Å². The SMILES string of the molecule is CC(=O)O.CC(=O)O.CC(=O)O.CCCCC[Si](O)(O)O. The van der Waals surface area contributed by atoms with Crippen LogP contribution in [0.3, 0.4) is 0 Å². The van der Waals surface area contributed by atoms with Gasteiger partial charge in [0.1, 0.15) is 0 Å². The van der Waals surface area contributed by atoms with Crippen molar-refractivity contribution in [2.75, 3.05) is 0 Å². The van der Waals surface area contributed by atoms with E-state index < -0.39 is 26.7 Å². The van der Waals surface area contributed by atoms with Gasteiger partial charge >= 0.3 is 8.80 Å². The third-order valence-corrected chi connectivity index (χ3v) is 2.14. The first kappa shape index (κ1) is 27.8. The van der Waals surface area contributed by atoms with Crippen LogP contribution in [0, 0.1) is 0 Å². The van der Waals surface area contributed by atoms with E-state index in [0.29, 0.717) is 6.42 Å². The molecule has 0 fully saturated rings. The van der Waals surface area contributed by atoms with Crippen LogP contribution in [-0.2, 0) is 14.4 Å². The molecule has 0 saturated heterocycles. The standard InChI is InChI=1S/C5H14O3Si.3C2H4O2/c1-2-3-4-5-9(6,7)8;3*1-2(3)4/h6-8H,2-5H2,1H3;3*1H3,(H,3,4). The highest BCUT2D eigenvalue weighted by molar-refractivity contribution is 6.56.